The maximum absolute atomic E-state index is 3.90. The molecule has 2 aliphatic rings. The molecule has 0 amide bonds. The van der Waals surface area contributed by atoms with Crippen LogP contribution in [0, 0.1) is 17.8 Å². The minimum absolute atomic E-state index is 0.368. The zero-order valence-electron chi connectivity index (χ0n) is 15.1. The first-order valence-electron chi connectivity index (χ1n) is 9.48. The van der Waals surface area contributed by atoms with E-state index in [1.54, 1.807) is 0 Å². The Morgan fingerprint density at radius 1 is 1.10 bits per heavy atom. The van der Waals surface area contributed by atoms with E-state index in [-0.39, 0.29) is 0 Å². The fourth-order valence-corrected chi connectivity index (χ4v) is 4.44. The quantitative estimate of drug-likeness (QED) is 0.813. The van der Waals surface area contributed by atoms with Crippen molar-refractivity contribution in [3.8, 4) is 0 Å². The molecule has 1 N–H and O–H groups in total. The van der Waals surface area contributed by atoms with Crippen LogP contribution in [0.1, 0.15) is 73.1 Å². The van der Waals surface area contributed by atoms with Crippen LogP contribution in [0.2, 0.25) is 0 Å². The van der Waals surface area contributed by atoms with Gasteiger partial charge in [0.1, 0.15) is 0 Å². The zero-order valence-corrected chi connectivity index (χ0v) is 15.1. The van der Waals surface area contributed by atoms with E-state index in [1.165, 1.54) is 58.2 Å². The molecule has 0 aromatic heterocycles. The van der Waals surface area contributed by atoms with Crippen molar-refractivity contribution in [2.24, 2.45) is 17.8 Å². The molecule has 124 valence electrons. The van der Waals surface area contributed by atoms with Crippen molar-refractivity contribution in [2.45, 2.75) is 84.7 Å². The topological polar surface area (TPSA) is 15.3 Å². The Kier molecular flexibility index (Phi) is 6.14. The second kappa shape index (κ2) is 7.46. The molecule has 2 nitrogen and oxygen atoms in total. The predicted octanol–water partition coefficient (Wildman–Crippen LogP) is 4.30. The predicted molar refractivity (Wildman–Crippen MR) is 92.6 cm³/mol. The molecule has 1 aliphatic carbocycles. The summed E-state index contributed by atoms with van der Waals surface area (Å²) in [6.07, 6.45) is 8.34. The third-order valence-corrected chi connectivity index (χ3v) is 6.41. The van der Waals surface area contributed by atoms with Crippen LogP contribution < -0.4 is 5.32 Å². The molecular formula is C19H38N2. The smallest absolute Gasteiger partial charge is 0.0304 e. The van der Waals surface area contributed by atoms with Gasteiger partial charge in [-0.05, 0) is 43.4 Å². The van der Waals surface area contributed by atoms with Crippen molar-refractivity contribution in [1.82, 2.24) is 10.2 Å². The summed E-state index contributed by atoms with van der Waals surface area (Å²) in [5.74, 6) is 2.68. The van der Waals surface area contributed by atoms with E-state index in [0.717, 1.165) is 23.8 Å². The van der Waals surface area contributed by atoms with Gasteiger partial charge >= 0.3 is 0 Å². The Balaban J connectivity index is 2.00. The molecule has 1 saturated carbocycles. The molecule has 0 bridgehead atoms. The van der Waals surface area contributed by atoms with Crippen molar-refractivity contribution in [2.75, 3.05) is 19.6 Å². The van der Waals surface area contributed by atoms with Gasteiger partial charge in [-0.15, -0.1) is 0 Å². The lowest BCUT2D eigenvalue weighted by atomic mass is 9.81. The summed E-state index contributed by atoms with van der Waals surface area (Å²) in [7, 11) is 0. The lowest BCUT2D eigenvalue weighted by Crippen LogP contribution is -2.65. The molecule has 1 aliphatic heterocycles. The summed E-state index contributed by atoms with van der Waals surface area (Å²) >= 11 is 0. The Labute approximate surface area is 133 Å². The molecular weight excluding hydrogens is 256 g/mol. The fourth-order valence-electron chi connectivity index (χ4n) is 4.44. The third kappa shape index (κ3) is 4.22. The maximum Gasteiger partial charge on any atom is 0.0304 e. The summed E-state index contributed by atoms with van der Waals surface area (Å²) in [6.45, 7) is 15.7. The first kappa shape index (κ1) is 17.3. The summed E-state index contributed by atoms with van der Waals surface area (Å²) < 4.78 is 0. The average Bonchev–Trinajstić information content (AvgIpc) is 2.49. The van der Waals surface area contributed by atoms with E-state index in [1.807, 2.05) is 0 Å². The largest absolute Gasteiger partial charge is 0.308 e. The Morgan fingerprint density at radius 2 is 1.71 bits per heavy atom. The molecule has 0 radical (unpaired) electrons. The lowest BCUT2D eigenvalue weighted by molar-refractivity contribution is 0.0316. The van der Waals surface area contributed by atoms with Gasteiger partial charge in [-0.1, -0.05) is 47.5 Å². The van der Waals surface area contributed by atoms with Gasteiger partial charge in [0.05, 0.1) is 0 Å². The van der Waals surface area contributed by atoms with Crippen LogP contribution in [0.4, 0.5) is 0 Å². The third-order valence-electron chi connectivity index (χ3n) is 6.41. The molecule has 1 saturated heterocycles. The number of piperazine rings is 1. The van der Waals surface area contributed by atoms with E-state index in [2.05, 4.69) is 44.8 Å². The van der Waals surface area contributed by atoms with Crippen LogP contribution >= 0.6 is 0 Å². The van der Waals surface area contributed by atoms with Crippen molar-refractivity contribution in [3.63, 3.8) is 0 Å². The molecule has 0 spiro atoms. The van der Waals surface area contributed by atoms with Crippen LogP contribution in [-0.2, 0) is 0 Å². The highest BCUT2D eigenvalue weighted by atomic mass is 15.3. The van der Waals surface area contributed by atoms with Gasteiger partial charge in [0.25, 0.3) is 0 Å². The first-order valence-corrected chi connectivity index (χ1v) is 9.48. The first-order chi connectivity index (χ1) is 9.99. The highest BCUT2D eigenvalue weighted by Gasteiger charge is 2.38. The van der Waals surface area contributed by atoms with Crippen LogP contribution in [0.25, 0.3) is 0 Å². The van der Waals surface area contributed by atoms with E-state index < -0.39 is 0 Å². The highest BCUT2D eigenvalue weighted by Crippen LogP contribution is 2.32. The lowest BCUT2D eigenvalue weighted by Gasteiger charge is -2.50. The Bertz CT molecular complexity index is 301. The molecule has 1 atom stereocenters. The number of hydrogen-bond donors (Lipinski definition) is 1. The van der Waals surface area contributed by atoms with E-state index in [9.17, 15) is 0 Å². The van der Waals surface area contributed by atoms with Gasteiger partial charge in [-0.3, -0.25) is 4.90 Å². The molecule has 0 aromatic carbocycles. The fraction of sp³-hybridized carbons (Fsp3) is 1.00. The SMILES string of the molecule is CCC1(CC)CN(CC2CCC(C)CC2)C(C(C)C)CN1. The summed E-state index contributed by atoms with van der Waals surface area (Å²) in [6, 6.07) is 0.732. The number of rotatable bonds is 5. The van der Waals surface area contributed by atoms with Crippen LogP contribution in [0.3, 0.4) is 0 Å². The second-order valence-corrected chi connectivity index (χ2v) is 8.24. The van der Waals surface area contributed by atoms with Crippen molar-refractivity contribution in [3.05, 3.63) is 0 Å². The van der Waals surface area contributed by atoms with Gasteiger partial charge in [-0.2, -0.15) is 0 Å². The normalized spacial score (nSPS) is 34.3. The zero-order chi connectivity index (χ0) is 15.5. The maximum atomic E-state index is 3.90. The Hall–Kier alpha value is -0.0800. The van der Waals surface area contributed by atoms with Gasteiger partial charge in [-0.25, -0.2) is 0 Å². The average molecular weight is 295 g/mol. The standard InChI is InChI=1S/C19H38N2/c1-6-19(7-2)14-21(18(12-20-19)15(3)4)13-17-10-8-16(5)9-11-17/h15-18,20H,6-14H2,1-5H3. The monoisotopic (exact) mass is 294 g/mol. The van der Waals surface area contributed by atoms with Gasteiger partial charge in [0, 0.05) is 31.2 Å². The van der Waals surface area contributed by atoms with E-state index in [0.29, 0.717) is 5.54 Å². The molecule has 2 rings (SSSR count). The number of hydrogen-bond acceptors (Lipinski definition) is 2. The van der Waals surface area contributed by atoms with Crippen LogP contribution in [-0.4, -0.2) is 36.1 Å². The van der Waals surface area contributed by atoms with Gasteiger partial charge in [0.2, 0.25) is 0 Å². The summed E-state index contributed by atoms with van der Waals surface area (Å²) in [5.41, 5.74) is 0.368. The molecule has 21 heavy (non-hydrogen) atoms. The van der Waals surface area contributed by atoms with Crippen LogP contribution in [0.15, 0.2) is 0 Å². The number of nitrogens with one attached hydrogen (secondary N) is 1. The molecule has 0 aromatic rings. The Morgan fingerprint density at radius 3 is 2.24 bits per heavy atom. The van der Waals surface area contributed by atoms with Crippen molar-refractivity contribution in [1.29, 1.82) is 0 Å². The van der Waals surface area contributed by atoms with Crippen molar-refractivity contribution >= 4 is 0 Å². The minimum atomic E-state index is 0.368. The summed E-state index contributed by atoms with van der Waals surface area (Å²) in [4.78, 5) is 2.86. The molecule has 1 heterocycles. The van der Waals surface area contributed by atoms with E-state index in [4.69, 9.17) is 0 Å². The minimum Gasteiger partial charge on any atom is -0.308 e. The molecule has 2 heteroatoms. The van der Waals surface area contributed by atoms with Gasteiger partial charge < -0.3 is 5.32 Å². The van der Waals surface area contributed by atoms with Crippen LogP contribution in [0.5, 0.6) is 0 Å². The van der Waals surface area contributed by atoms with Crippen molar-refractivity contribution < 1.29 is 0 Å². The molecule has 2 fully saturated rings. The highest BCUT2D eigenvalue weighted by molar-refractivity contribution is 4.98. The van der Waals surface area contributed by atoms with Gasteiger partial charge in [0.15, 0.2) is 0 Å². The number of nitrogens with zero attached hydrogens (tertiary/aromatic N) is 1. The van der Waals surface area contributed by atoms with E-state index >= 15 is 0 Å². The summed E-state index contributed by atoms with van der Waals surface area (Å²) in [5, 5.41) is 3.90. The second-order valence-electron chi connectivity index (χ2n) is 8.24. The molecule has 1 unspecified atom stereocenters.